The molecule has 0 aromatic heterocycles. The molecule has 0 aromatic rings. The van der Waals surface area contributed by atoms with Gasteiger partial charge in [0.05, 0.1) is 12.5 Å². The standard InChI is InChI=1S/C16H28N2O3/c1-3-18(13-7-5-4-6-8-13)15(19)11-17-9-12(2)14(10-17)16(20)21/h12-14H,3-11H2,1-2H3,(H,20,21). The first-order chi connectivity index (χ1) is 10.0. The average molecular weight is 296 g/mol. The molecule has 1 aliphatic heterocycles. The summed E-state index contributed by atoms with van der Waals surface area (Å²) in [6.07, 6.45) is 5.96. The predicted octanol–water partition coefficient (Wildman–Crippen LogP) is 1.82. The van der Waals surface area contributed by atoms with Gasteiger partial charge in [-0.05, 0) is 25.7 Å². The van der Waals surface area contributed by atoms with Gasteiger partial charge in [0.1, 0.15) is 0 Å². The zero-order chi connectivity index (χ0) is 15.4. The summed E-state index contributed by atoms with van der Waals surface area (Å²) in [6.45, 7) is 6.35. The lowest BCUT2D eigenvalue weighted by molar-refractivity contribution is -0.142. The third-order valence-corrected chi connectivity index (χ3v) is 5.04. The summed E-state index contributed by atoms with van der Waals surface area (Å²) in [5, 5.41) is 9.17. The lowest BCUT2D eigenvalue weighted by atomic mass is 9.94. The number of carboxylic acid groups (broad SMARTS) is 1. The van der Waals surface area contributed by atoms with Crippen LogP contribution in [0.3, 0.4) is 0 Å². The monoisotopic (exact) mass is 296 g/mol. The largest absolute Gasteiger partial charge is 0.481 e. The van der Waals surface area contributed by atoms with Crippen molar-refractivity contribution in [1.82, 2.24) is 9.80 Å². The van der Waals surface area contributed by atoms with E-state index in [1.54, 1.807) is 0 Å². The van der Waals surface area contributed by atoms with Gasteiger partial charge in [-0.25, -0.2) is 0 Å². The van der Waals surface area contributed by atoms with Gasteiger partial charge in [-0.1, -0.05) is 26.2 Å². The number of hydrogen-bond donors (Lipinski definition) is 1. The van der Waals surface area contributed by atoms with Gasteiger partial charge in [0.15, 0.2) is 0 Å². The fourth-order valence-corrected chi connectivity index (χ4v) is 3.83. The summed E-state index contributed by atoms with van der Waals surface area (Å²) >= 11 is 0. The molecule has 1 saturated carbocycles. The van der Waals surface area contributed by atoms with Crippen LogP contribution < -0.4 is 0 Å². The van der Waals surface area contributed by atoms with Crippen LogP contribution in [-0.2, 0) is 9.59 Å². The number of aliphatic carboxylic acids is 1. The molecule has 2 atom stereocenters. The molecule has 5 heteroatoms. The van der Waals surface area contributed by atoms with Crippen molar-refractivity contribution in [2.24, 2.45) is 11.8 Å². The van der Waals surface area contributed by atoms with Crippen LogP contribution in [-0.4, -0.2) is 59.0 Å². The third kappa shape index (κ3) is 3.96. The van der Waals surface area contributed by atoms with Gasteiger partial charge in [0, 0.05) is 25.7 Å². The number of carboxylic acids is 1. The van der Waals surface area contributed by atoms with Gasteiger partial charge >= 0.3 is 5.97 Å². The molecule has 2 unspecified atom stereocenters. The van der Waals surface area contributed by atoms with E-state index in [0.717, 1.165) is 19.4 Å². The SMILES string of the molecule is CCN(C(=O)CN1CC(C)C(C(=O)O)C1)C1CCCCC1. The Morgan fingerprint density at radius 3 is 2.38 bits per heavy atom. The highest BCUT2D eigenvalue weighted by Gasteiger charge is 2.36. The zero-order valence-corrected chi connectivity index (χ0v) is 13.3. The highest BCUT2D eigenvalue weighted by molar-refractivity contribution is 5.79. The van der Waals surface area contributed by atoms with Crippen LogP contribution in [0.15, 0.2) is 0 Å². The van der Waals surface area contributed by atoms with E-state index in [9.17, 15) is 14.7 Å². The summed E-state index contributed by atoms with van der Waals surface area (Å²) < 4.78 is 0. The maximum Gasteiger partial charge on any atom is 0.308 e. The van der Waals surface area contributed by atoms with Crippen molar-refractivity contribution in [3.05, 3.63) is 0 Å². The molecule has 0 aromatic carbocycles. The van der Waals surface area contributed by atoms with Crippen LogP contribution in [0.1, 0.15) is 46.0 Å². The summed E-state index contributed by atoms with van der Waals surface area (Å²) in [5.41, 5.74) is 0. The second-order valence-corrected chi connectivity index (χ2v) is 6.59. The summed E-state index contributed by atoms with van der Waals surface area (Å²) in [4.78, 5) is 27.7. The van der Waals surface area contributed by atoms with Crippen molar-refractivity contribution in [1.29, 1.82) is 0 Å². The van der Waals surface area contributed by atoms with Gasteiger partial charge < -0.3 is 10.0 Å². The molecule has 2 aliphatic rings. The maximum atomic E-state index is 12.5. The highest BCUT2D eigenvalue weighted by atomic mass is 16.4. The molecule has 2 rings (SSSR count). The second kappa shape index (κ2) is 7.25. The quantitative estimate of drug-likeness (QED) is 0.840. The minimum Gasteiger partial charge on any atom is -0.481 e. The van der Waals surface area contributed by atoms with Gasteiger partial charge in [-0.3, -0.25) is 14.5 Å². The van der Waals surface area contributed by atoms with Crippen LogP contribution in [0.2, 0.25) is 0 Å². The highest BCUT2D eigenvalue weighted by Crippen LogP contribution is 2.25. The van der Waals surface area contributed by atoms with E-state index in [0.29, 0.717) is 25.7 Å². The van der Waals surface area contributed by atoms with Crippen LogP contribution in [0.5, 0.6) is 0 Å². The van der Waals surface area contributed by atoms with Crippen LogP contribution in [0.25, 0.3) is 0 Å². The number of amides is 1. The molecule has 0 radical (unpaired) electrons. The Balaban J connectivity index is 1.89. The summed E-state index contributed by atoms with van der Waals surface area (Å²) in [7, 11) is 0. The molecule has 0 spiro atoms. The van der Waals surface area contributed by atoms with Crippen molar-refractivity contribution in [3.63, 3.8) is 0 Å². The van der Waals surface area contributed by atoms with E-state index in [1.165, 1.54) is 19.3 Å². The van der Waals surface area contributed by atoms with Crippen molar-refractivity contribution in [3.8, 4) is 0 Å². The minimum absolute atomic E-state index is 0.125. The first-order valence-corrected chi connectivity index (χ1v) is 8.27. The van der Waals surface area contributed by atoms with E-state index in [4.69, 9.17) is 0 Å². The molecule has 1 aliphatic carbocycles. The van der Waals surface area contributed by atoms with E-state index in [1.807, 2.05) is 23.6 Å². The predicted molar refractivity (Wildman–Crippen MR) is 81.0 cm³/mol. The Labute approximate surface area is 127 Å². The van der Waals surface area contributed by atoms with Gasteiger partial charge in [-0.15, -0.1) is 0 Å². The number of hydrogen-bond acceptors (Lipinski definition) is 3. The first kappa shape index (κ1) is 16.3. The number of carbonyl (C=O) groups excluding carboxylic acids is 1. The minimum atomic E-state index is -0.739. The van der Waals surface area contributed by atoms with Crippen molar-refractivity contribution in [2.45, 2.75) is 52.0 Å². The Morgan fingerprint density at radius 1 is 1.19 bits per heavy atom. The normalized spacial score (nSPS) is 27.7. The fourth-order valence-electron chi connectivity index (χ4n) is 3.83. The fraction of sp³-hybridized carbons (Fsp3) is 0.875. The van der Waals surface area contributed by atoms with E-state index in [-0.39, 0.29) is 17.7 Å². The van der Waals surface area contributed by atoms with E-state index in [2.05, 4.69) is 0 Å². The van der Waals surface area contributed by atoms with Gasteiger partial charge in [-0.2, -0.15) is 0 Å². The van der Waals surface area contributed by atoms with Crippen LogP contribution in [0, 0.1) is 11.8 Å². The summed E-state index contributed by atoms with van der Waals surface area (Å²) in [6, 6.07) is 0.395. The van der Waals surface area contributed by atoms with Gasteiger partial charge in [0.25, 0.3) is 0 Å². The molecule has 1 N–H and O–H groups in total. The average Bonchev–Trinajstić information content (AvgIpc) is 2.81. The molecular weight excluding hydrogens is 268 g/mol. The molecule has 120 valence electrons. The number of rotatable bonds is 5. The second-order valence-electron chi connectivity index (χ2n) is 6.59. The lowest BCUT2D eigenvalue weighted by Gasteiger charge is -2.34. The number of likely N-dealkylation sites (tertiary alicyclic amines) is 1. The molecular formula is C16H28N2O3. The first-order valence-electron chi connectivity index (χ1n) is 8.27. The summed E-state index contributed by atoms with van der Waals surface area (Å²) in [5.74, 6) is -0.776. The van der Waals surface area contributed by atoms with Crippen molar-refractivity contribution >= 4 is 11.9 Å². The molecule has 2 fully saturated rings. The van der Waals surface area contributed by atoms with Crippen molar-refractivity contribution < 1.29 is 14.7 Å². The molecule has 0 bridgehead atoms. The molecule has 5 nitrogen and oxygen atoms in total. The Morgan fingerprint density at radius 2 is 1.86 bits per heavy atom. The number of carbonyl (C=O) groups is 2. The smallest absolute Gasteiger partial charge is 0.308 e. The maximum absolute atomic E-state index is 12.5. The molecule has 21 heavy (non-hydrogen) atoms. The Kier molecular flexibility index (Phi) is 5.62. The molecule has 1 saturated heterocycles. The van der Waals surface area contributed by atoms with E-state index < -0.39 is 5.97 Å². The topological polar surface area (TPSA) is 60.9 Å². The molecule has 1 amide bonds. The molecule has 1 heterocycles. The lowest BCUT2D eigenvalue weighted by Crippen LogP contribution is -2.46. The van der Waals surface area contributed by atoms with E-state index >= 15 is 0 Å². The number of likely N-dealkylation sites (N-methyl/N-ethyl adjacent to an activating group) is 1. The van der Waals surface area contributed by atoms with Crippen LogP contribution in [0.4, 0.5) is 0 Å². The third-order valence-electron chi connectivity index (χ3n) is 5.04. The van der Waals surface area contributed by atoms with Crippen molar-refractivity contribution in [2.75, 3.05) is 26.2 Å². The Hall–Kier alpha value is -1.10. The van der Waals surface area contributed by atoms with Gasteiger partial charge in [0.2, 0.25) is 5.91 Å². The zero-order valence-electron chi connectivity index (χ0n) is 13.3. The van der Waals surface area contributed by atoms with Crippen LogP contribution >= 0.6 is 0 Å². The Bertz CT molecular complexity index is 380. The number of nitrogens with zero attached hydrogens (tertiary/aromatic N) is 2.